The van der Waals surface area contributed by atoms with Crippen LogP contribution in [0.4, 0.5) is 5.82 Å². The van der Waals surface area contributed by atoms with Crippen LogP contribution in [0.2, 0.25) is 5.15 Å². The molecule has 1 aromatic rings. The minimum Gasteiger partial charge on any atom is -0.388 e. The molecule has 1 N–H and O–H groups in total. The van der Waals surface area contributed by atoms with Gasteiger partial charge in [0.25, 0.3) is 0 Å². The molecule has 0 radical (unpaired) electrons. The summed E-state index contributed by atoms with van der Waals surface area (Å²) in [7, 11) is 1.94. The minimum atomic E-state index is -0.543. The van der Waals surface area contributed by atoms with E-state index in [1.54, 1.807) is 6.07 Å². The van der Waals surface area contributed by atoms with Crippen molar-refractivity contribution in [3.05, 3.63) is 23.4 Å². The van der Waals surface area contributed by atoms with E-state index in [0.29, 0.717) is 11.7 Å². The fourth-order valence-electron chi connectivity index (χ4n) is 2.32. The molecule has 0 bridgehead atoms. The lowest BCUT2D eigenvalue weighted by molar-refractivity contribution is 0.0558. The van der Waals surface area contributed by atoms with Gasteiger partial charge in [0.1, 0.15) is 11.0 Å². The van der Waals surface area contributed by atoms with Crippen molar-refractivity contribution in [2.45, 2.75) is 31.3 Å². The van der Waals surface area contributed by atoms with Crippen molar-refractivity contribution in [2.24, 2.45) is 0 Å². The molecule has 1 saturated carbocycles. The lowest BCUT2D eigenvalue weighted by atomic mass is 10.0. The zero-order valence-corrected chi connectivity index (χ0v) is 10.2. The number of aromatic nitrogens is 1. The number of anilines is 1. The van der Waals surface area contributed by atoms with Crippen LogP contribution in [-0.2, 0) is 0 Å². The predicted octanol–water partition coefficient (Wildman–Crippen LogP) is 2.48. The summed E-state index contributed by atoms with van der Waals surface area (Å²) in [5.74, 6) is 0.813. The summed E-state index contributed by atoms with van der Waals surface area (Å²) in [6.07, 6.45) is 4.01. The molecule has 1 aromatic heterocycles. The average Bonchev–Trinajstić information content (AvgIpc) is 2.65. The molecule has 1 aliphatic rings. The van der Waals surface area contributed by atoms with Crippen molar-refractivity contribution in [2.75, 3.05) is 18.5 Å². The largest absolute Gasteiger partial charge is 0.388 e. The summed E-state index contributed by atoms with van der Waals surface area (Å²) in [5, 5.41) is 10.8. The van der Waals surface area contributed by atoms with Crippen molar-refractivity contribution in [3.63, 3.8) is 0 Å². The molecule has 0 unspecified atom stereocenters. The number of aliphatic hydroxyl groups is 1. The van der Waals surface area contributed by atoms with E-state index < -0.39 is 5.60 Å². The number of rotatable bonds is 3. The second-order valence-electron chi connectivity index (χ2n) is 4.61. The zero-order valence-electron chi connectivity index (χ0n) is 9.49. The zero-order chi connectivity index (χ0) is 11.6. The molecule has 1 heterocycles. The molecule has 16 heavy (non-hydrogen) atoms. The maximum Gasteiger partial charge on any atom is 0.131 e. The Morgan fingerprint density at radius 1 is 1.44 bits per heavy atom. The molecule has 0 aliphatic heterocycles. The molecular formula is C12H17ClN2O. The summed E-state index contributed by atoms with van der Waals surface area (Å²) in [6, 6.07) is 5.53. The van der Waals surface area contributed by atoms with Crippen LogP contribution >= 0.6 is 11.6 Å². The van der Waals surface area contributed by atoms with Crippen LogP contribution in [0.3, 0.4) is 0 Å². The van der Waals surface area contributed by atoms with E-state index in [4.69, 9.17) is 11.6 Å². The van der Waals surface area contributed by atoms with Gasteiger partial charge in [0, 0.05) is 13.6 Å². The minimum absolute atomic E-state index is 0.489. The Labute approximate surface area is 101 Å². The van der Waals surface area contributed by atoms with Gasteiger partial charge in [-0.2, -0.15) is 0 Å². The maximum absolute atomic E-state index is 10.3. The number of hydrogen-bond donors (Lipinski definition) is 1. The summed E-state index contributed by atoms with van der Waals surface area (Å²) >= 11 is 5.84. The van der Waals surface area contributed by atoms with Crippen LogP contribution in [0.15, 0.2) is 18.2 Å². The Kier molecular flexibility index (Phi) is 3.36. The van der Waals surface area contributed by atoms with Crippen molar-refractivity contribution in [3.8, 4) is 0 Å². The summed E-state index contributed by atoms with van der Waals surface area (Å²) in [5.41, 5.74) is -0.543. The van der Waals surface area contributed by atoms with Gasteiger partial charge >= 0.3 is 0 Å². The molecule has 0 amide bonds. The van der Waals surface area contributed by atoms with Gasteiger partial charge in [-0.15, -0.1) is 0 Å². The Balaban J connectivity index is 2.05. The van der Waals surface area contributed by atoms with Gasteiger partial charge in [0.15, 0.2) is 0 Å². The number of halogens is 1. The monoisotopic (exact) mass is 240 g/mol. The van der Waals surface area contributed by atoms with Gasteiger partial charge in [0.05, 0.1) is 5.60 Å². The van der Waals surface area contributed by atoms with Crippen LogP contribution in [0.1, 0.15) is 25.7 Å². The SMILES string of the molecule is CN(CC1(O)CCCC1)c1cccc(Cl)n1. The molecule has 88 valence electrons. The average molecular weight is 241 g/mol. The quantitative estimate of drug-likeness (QED) is 0.825. The highest BCUT2D eigenvalue weighted by atomic mass is 35.5. The molecule has 0 aromatic carbocycles. The van der Waals surface area contributed by atoms with Crippen molar-refractivity contribution in [1.82, 2.24) is 4.98 Å². The highest BCUT2D eigenvalue weighted by molar-refractivity contribution is 6.29. The van der Waals surface area contributed by atoms with E-state index in [2.05, 4.69) is 4.98 Å². The van der Waals surface area contributed by atoms with Crippen LogP contribution < -0.4 is 4.90 Å². The first kappa shape index (κ1) is 11.7. The smallest absolute Gasteiger partial charge is 0.131 e. The van der Waals surface area contributed by atoms with E-state index in [-0.39, 0.29) is 0 Å². The molecule has 0 saturated heterocycles. The molecular weight excluding hydrogens is 224 g/mol. The fourth-order valence-corrected chi connectivity index (χ4v) is 2.48. The number of likely N-dealkylation sites (N-methyl/N-ethyl adjacent to an activating group) is 1. The standard InChI is InChI=1S/C12H17ClN2O/c1-15(9-12(16)7-2-3-8-12)11-6-4-5-10(13)14-11/h4-6,16H,2-3,7-9H2,1H3. The summed E-state index contributed by atoms with van der Waals surface area (Å²) < 4.78 is 0. The third kappa shape index (κ3) is 2.66. The van der Waals surface area contributed by atoms with Crippen molar-refractivity contribution in [1.29, 1.82) is 0 Å². The Morgan fingerprint density at radius 3 is 2.75 bits per heavy atom. The molecule has 1 fully saturated rings. The summed E-state index contributed by atoms with van der Waals surface area (Å²) in [6.45, 7) is 0.625. The first-order chi connectivity index (χ1) is 7.59. The number of hydrogen-bond acceptors (Lipinski definition) is 3. The third-order valence-corrected chi connectivity index (χ3v) is 3.37. The molecule has 2 rings (SSSR count). The van der Waals surface area contributed by atoms with E-state index in [1.165, 1.54) is 0 Å². The second-order valence-corrected chi connectivity index (χ2v) is 4.99. The topological polar surface area (TPSA) is 36.4 Å². The molecule has 1 aliphatic carbocycles. The van der Waals surface area contributed by atoms with Crippen molar-refractivity contribution < 1.29 is 5.11 Å². The second kappa shape index (κ2) is 4.60. The van der Waals surface area contributed by atoms with Gasteiger partial charge in [-0.1, -0.05) is 30.5 Å². The van der Waals surface area contributed by atoms with E-state index in [9.17, 15) is 5.11 Å². The van der Waals surface area contributed by atoms with Crippen LogP contribution in [0.5, 0.6) is 0 Å². The maximum atomic E-state index is 10.3. The third-order valence-electron chi connectivity index (χ3n) is 3.16. The molecule has 0 atom stereocenters. The van der Waals surface area contributed by atoms with E-state index in [1.807, 2.05) is 24.1 Å². The van der Waals surface area contributed by atoms with Gasteiger partial charge in [-0.05, 0) is 25.0 Å². The van der Waals surface area contributed by atoms with E-state index in [0.717, 1.165) is 31.5 Å². The predicted molar refractivity (Wildman–Crippen MR) is 65.9 cm³/mol. The first-order valence-corrected chi connectivity index (χ1v) is 6.03. The first-order valence-electron chi connectivity index (χ1n) is 5.65. The Hall–Kier alpha value is -0.800. The molecule has 4 heteroatoms. The van der Waals surface area contributed by atoms with Crippen LogP contribution in [0, 0.1) is 0 Å². The van der Waals surface area contributed by atoms with Crippen LogP contribution in [-0.4, -0.2) is 29.3 Å². The number of nitrogens with zero attached hydrogens (tertiary/aromatic N) is 2. The van der Waals surface area contributed by atoms with Gasteiger partial charge < -0.3 is 10.0 Å². The normalized spacial score (nSPS) is 18.7. The highest BCUT2D eigenvalue weighted by Gasteiger charge is 2.32. The Bertz CT molecular complexity index is 364. The highest BCUT2D eigenvalue weighted by Crippen LogP contribution is 2.30. The lowest BCUT2D eigenvalue weighted by Crippen LogP contribution is -2.39. The molecule has 0 spiro atoms. The number of pyridine rings is 1. The van der Waals surface area contributed by atoms with Crippen LogP contribution in [0.25, 0.3) is 0 Å². The van der Waals surface area contributed by atoms with Crippen molar-refractivity contribution >= 4 is 17.4 Å². The Morgan fingerprint density at radius 2 is 2.12 bits per heavy atom. The van der Waals surface area contributed by atoms with Gasteiger partial charge in [-0.3, -0.25) is 0 Å². The van der Waals surface area contributed by atoms with Gasteiger partial charge in [0.2, 0.25) is 0 Å². The van der Waals surface area contributed by atoms with Gasteiger partial charge in [-0.25, -0.2) is 4.98 Å². The molecule has 3 nitrogen and oxygen atoms in total. The summed E-state index contributed by atoms with van der Waals surface area (Å²) in [4.78, 5) is 6.20. The lowest BCUT2D eigenvalue weighted by Gasteiger charge is -2.29. The fraction of sp³-hybridized carbons (Fsp3) is 0.583. The van der Waals surface area contributed by atoms with E-state index >= 15 is 0 Å².